The molecule has 8 nitrogen and oxygen atoms in total. The van der Waals surface area contributed by atoms with Crippen LogP contribution in [-0.2, 0) is 17.3 Å². The molecular weight excluding hydrogens is 284 g/mol. The van der Waals surface area contributed by atoms with Crippen molar-refractivity contribution in [3.05, 3.63) is 29.3 Å². The van der Waals surface area contributed by atoms with Crippen LogP contribution in [-0.4, -0.2) is 39.1 Å². The van der Waals surface area contributed by atoms with Crippen LogP contribution in [0.1, 0.15) is 29.8 Å². The van der Waals surface area contributed by atoms with Crippen LogP contribution >= 0.6 is 0 Å². The number of amides is 2. The van der Waals surface area contributed by atoms with Crippen molar-refractivity contribution in [2.45, 2.75) is 19.3 Å². The van der Waals surface area contributed by atoms with Gasteiger partial charge in [-0.15, -0.1) is 0 Å². The smallest absolute Gasteiger partial charge is 0.258 e. The first-order valence-corrected chi connectivity index (χ1v) is 6.79. The molecule has 3 rings (SSSR count). The highest BCUT2D eigenvalue weighted by Crippen LogP contribution is 2.41. The Hall–Kier alpha value is -2.77. The number of likely N-dealkylation sites (N-methyl/N-ethyl adjacent to an activating group) is 1. The van der Waals surface area contributed by atoms with Crippen LogP contribution in [0.5, 0.6) is 0 Å². The highest BCUT2D eigenvalue weighted by molar-refractivity contribution is 6.09. The molecule has 2 amide bonds. The Labute approximate surface area is 127 Å². The van der Waals surface area contributed by atoms with Crippen molar-refractivity contribution in [1.82, 2.24) is 20.2 Å². The summed E-state index contributed by atoms with van der Waals surface area (Å²) in [6.07, 6.45) is 0. The molecule has 1 N–H and O–H groups in total. The molecule has 0 saturated heterocycles. The standard InChI is InChI=1S/C14H16N6O2/c1-14(2)9-7-8(5-6-10(9)19(3)12(14)22)11(21)15-13-16-17-18-20(13)4/h5-7H,1-4H3,(H,15,16,18,21). The number of nitrogens with one attached hydrogen (secondary N) is 1. The molecule has 2 heterocycles. The van der Waals surface area contributed by atoms with E-state index in [-0.39, 0.29) is 17.8 Å². The number of benzene rings is 1. The molecule has 1 aromatic carbocycles. The van der Waals surface area contributed by atoms with Gasteiger partial charge in [-0.2, -0.15) is 0 Å². The van der Waals surface area contributed by atoms with Crippen LogP contribution in [0.2, 0.25) is 0 Å². The van der Waals surface area contributed by atoms with E-state index in [0.29, 0.717) is 5.56 Å². The van der Waals surface area contributed by atoms with Gasteiger partial charge < -0.3 is 4.90 Å². The number of nitrogens with zero attached hydrogens (tertiary/aromatic N) is 5. The van der Waals surface area contributed by atoms with E-state index in [1.807, 2.05) is 13.8 Å². The van der Waals surface area contributed by atoms with E-state index in [2.05, 4.69) is 20.8 Å². The van der Waals surface area contributed by atoms with Crippen molar-refractivity contribution in [1.29, 1.82) is 0 Å². The number of hydrogen-bond acceptors (Lipinski definition) is 5. The quantitative estimate of drug-likeness (QED) is 0.882. The van der Waals surface area contributed by atoms with Crippen molar-refractivity contribution in [2.24, 2.45) is 7.05 Å². The van der Waals surface area contributed by atoms with E-state index in [0.717, 1.165) is 11.3 Å². The molecule has 1 aliphatic rings. The Bertz CT molecular complexity index is 779. The summed E-state index contributed by atoms with van der Waals surface area (Å²) in [5.41, 5.74) is 1.47. The van der Waals surface area contributed by atoms with E-state index in [9.17, 15) is 9.59 Å². The van der Waals surface area contributed by atoms with Gasteiger partial charge >= 0.3 is 0 Å². The largest absolute Gasteiger partial charge is 0.314 e. The summed E-state index contributed by atoms with van der Waals surface area (Å²) in [5, 5.41) is 13.5. The minimum absolute atomic E-state index is 0.0116. The molecule has 0 aliphatic carbocycles. The summed E-state index contributed by atoms with van der Waals surface area (Å²) in [5.74, 6) is -0.0472. The number of anilines is 2. The average Bonchev–Trinajstić information content (AvgIpc) is 2.96. The van der Waals surface area contributed by atoms with E-state index in [4.69, 9.17) is 0 Å². The second-order valence-corrected chi connectivity index (χ2v) is 5.80. The molecule has 0 atom stereocenters. The van der Waals surface area contributed by atoms with E-state index in [1.54, 1.807) is 37.2 Å². The van der Waals surface area contributed by atoms with Gasteiger partial charge in [0.05, 0.1) is 5.41 Å². The van der Waals surface area contributed by atoms with Gasteiger partial charge in [0.2, 0.25) is 11.9 Å². The second kappa shape index (κ2) is 4.62. The summed E-state index contributed by atoms with van der Waals surface area (Å²) in [6.45, 7) is 3.71. The fraction of sp³-hybridized carbons (Fsp3) is 0.357. The first-order chi connectivity index (χ1) is 10.3. The number of tetrazole rings is 1. The van der Waals surface area contributed by atoms with Gasteiger partial charge in [0.15, 0.2) is 0 Å². The summed E-state index contributed by atoms with van der Waals surface area (Å²) < 4.78 is 1.37. The predicted octanol–water partition coefficient (Wildman–Crippen LogP) is 0.716. The number of aromatic nitrogens is 4. The highest BCUT2D eigenvalue weighted by Gasteiger charge is 2.42. The van der Waals surface area contributed by atoms with E-state index >= 15 is 0 Å². The lowest BCUT2D eigenvalue weighted by Gasteiger charge is -2.16. The summed E-state index contributed by atoms with van der Waals surface area (Å²) >= 11 is 0. The number of rotatable bonds is 2. The molecule has 0 bridgehead atoms. The van der Waals surface area contributed by atoms with Gasteiger partial charge in [-0.1, -0.05) is 5.10 Å². The zero-order valence-electron chi connectivity index (χ0n) is 12.8. The van der Waals surface area contributed by atoms with Crippen LogP contribution in [0, 0.1) is 0 Å². The lowest BCUT2D eigenvalue weighted by Crippen LogP contribution is -2.33. The third-order valence-corrected chi connectivity index (χ3v) is 3.98. The molecule has 2 aromatic rings. The van der Waals surface area contributed by atoms with Gasteiger partial charge in [-0.3, -0.25) is 14.9 Å². The van der Waals surface area contributed by atoms with Crippen molar-refractivity contribution in [3.63, 3.8) is 0 Å². The maximum Gasteiger partial charge on any atom is 0.258 e. The molecule has 0 fully saturated rings. The Morgan fingerprint density at radius 3 is 2.64 bits per heavy atom. The van der Waals surface area contributed by atoms with E-state index < -0.39 is 5.41 Å². The number of aryl methyl sites for hydroxylation is 1. The Morgan fingerprint density at radius 1 is 1.27 bits per heavy atom. The lowest BCUT2D eigenvalue weighted by molar-refractivity contribution is -0.121. The van der Waals surface area contributed by atoms with Crippen LogP contribution in [0.15, 0.2) is 18.2 Å². The Morgan fingerprint density at radius 2 is 2.00 bits per heavy atom. The van der Waals surface area contributed by atoms with Gasteiger partial charge in [-0.25, -0.2) is 4.68 Å². The Kier molecular flexibility index (Phi) is 2.98. The van der Waals surface area contributed by atoms with Crippen LogP contribution in [0.3, 0.4) is 0 Å². The second-order valence-electron chi connectivity index (χ2n) is 5.80. The fourth-order valence-corrected chi connectivity index (χ4v) is 2.62. The molecule has 0 unspecified atom stereocenters. The molecule has 114 valence electrons. The highest BCUT2D eigenvalue weighted by atomic mass is 16.2. The predicted molar refractivity (Wildman–Crippen MR) is 79.6 cm³/mol. The summed E-state index contributed by atoms with van der Waals surface area (Å²) in [7, 11) is 3.37. The van der Waals surface area contributed by atoms with Gasteiger partial charge in [0.1, 0.15) is 0 Å². The number of carbonyl (C=O) groups excluding carboxylic acids is 2. The van der Waals surface area contributed by atoms with Crippen LogP contribution < -0.4 is 10.2 Å². The van der Waals surface area contributed by atoms with Crippen molar-refractivity contribution in [3.8, 4) is 0 Å². The number of hydrogen-bond donors (Lipinski definition) is 1. The molecule has 1 aromatic heterocycles. The molecule has 8 heteroatoms. The topological polar surface area (TPSA) is 93.0 Å². The third-order valence-electron chi connectivity index (χ3n) is 3.98. The minimum Gasteiger partial charge on any atom is -0.314 e. The Balaban J connectivity index is 1.95. The van der Waals surface area contributed by atoms with Gasteiger partial charge in [-0.05, 0) is 48.0 Å². The van der Waals surface area contributed by atoms with Crippen LogP contribution in [0.25, 0.3) is 0 Å². The molecule has 22 heavy (non-hydrogen) atoms. The SMILES string of the molecule is CN1C(=O)C(C)(C)c2cc(C(=O)Nc3nnnn3C)ccc21. The zero-order chi connectivity index (χ0) is 16.1. The fourth-order valence-electron chi connectivity index (χ4n) is 2.62. The zero-order valence-corrected chi connectivity index (χ0v) is 12.8. The number of carbonyl (C=O) groups is 2. The summed E-state index contributed by atoms with van der Waals surface area (Å²) in [6, 6.07) is 5.21. The lowest BCUT2D eigenvalue weighted by atomic mass is 9.85. The molecule has 0 saturated carbocycles. The normalized spacial score (nSPS) is 15.8. The summed E-state index contributed by atoms with van der Waals surface area (Å²) in [4.78, 5) is 26.2. The van der Waals surface area contributed by atoms with Crippen molar-refractivity contribution >= 4 is 23.5 Å². The van der Waals surface area contributed by atoms with Gasteiger partial charge in [0, 0.05) is 25.3 Å². The van der Waals surface area contributed by atoms with Crippen molar-refractivity contribution < 1.29 is 9.59 Å². The maximum atomic E-state index is 12.3. The first kappa shape index (κ1) is 14.2. The molecule has 1 aliphatic heterocycles. The third kappa shape index (κ3) is 1.95. The molecular formula is C14H16N6O2. The van der Waals surface area contributed by atoms with Gasteiger partial charge in [0.25, 0.3) is 5.91 Å². The average molecular weight is 300 g/mol. The van der Waals surface area contributed by atoms with Crippen molar-refractivity contribution in [2.75, 3.05) is 17.3 Å². The number of fused-ring (bicyclic) bond motifs is 1. The first-order valence-electron chi connectivity index (χ1n) is 6.79. The van der Waals surface area contributed by atoms with E-state index in [1.165, 1.54) is 4.68 Å². The van der Waals surface area contributed by atoms with Crippen LogP contribution in [0.4, 0.5) is 11.6 Å². The maximum absolute atomic E-state index is 12.3. The molecule has 0 spiro atoms. The monoisotopic (exact) mass is 300 g/mol. The molecule has 0 radical (unpaired) electrons. The minimum atomic E-state index is -0.646.